The Morgan fingerprint density at radius 1 is 0.509 bits per heavy atom. The van der Waals surface area contributed by atoms with Crippen LogP contribution in [0.3, 0.4) is 0 Å². The van der Waals surface area contributed by atoms with Gasteiger partial charge >= 0.3 is 0 Å². The standard InChI is InChI=1S/C51H92O4Si2/c1-9-17-19-21-23-25-27-29-31-33-36-46(44-40-49(54-42-44)56(11-3,12-4)13-5)48(38-35-39-52)51(53)47(37-34-32-30-28-26-24-22-20-18-10-2)45-41-50(55-43-45)57(14-6,15-7)16-8/h39-43,46-48H,9-38H2,1-8H3. The molecule has 3 atom stereocenters. The van der Waals surface area contributed by atoms with Crippen LogP contribution in [0.5, 0.6) is 0 Å². The van der Waals surface area contributed by atoms with Gasteiger partial charge in [-0.25, -0.2) is 0 Å². The molecule has 2 aromatic heterocycles. The summed E-state index contributed by atoms with van der Waals surface area (Å²) in [6, 6.07) is 11.7. The zero-order valence-corrected chi connectivity index (χ0v) is 41.0. The number of carbonyl (C=O) groups is 2. The highest BCUT2D eigenvalue weighted by atomic mass is 28.3. The van der Waals surface area contributed by atoms with E-state index in [0.717, 1.165) is 55.7 Å². The number of carbonyl (C=O) groups excluding carboxylic acids is 2. The third-order valence-electron chi connectivity index (χ3n) is 14.7. The minimum absolute atomic E-state index is 0.0678. The summed E-state index contributed by atoms with van der Waals surface area (Å²) in [5.41, 5.74) is 2.30. The number of aldehydes is 1. The summed E-state index contributed by atoms with van der Waals surface area (Å²) in [5.74, 6) is -0.000439. The van der Waals surface area contributed by atoms with Crippen molar-refractivity contribution in [3.63, 3.8) is 0 Å². The Kier molecular flexibility index (Phi) is 27.4. The molecule has 3 unspecified atom stereocenters. The van der Waals surface area contributed by atoms with Crippen molar-refractivity contribution < 1.29 is 18.4 Å². The Hall–Kier alpha value is -1.67. The molecule has 0 radical (unpaired) electrons. The minimum Gasteiger partial charge on any atom is -0.474 e. The summed E-state index contributed by atoms with van der Waals surface area (Å²) in [7, 11) is -3.47. The van der Waals surface area contributed by atoms with E-state index < -0.39 is 16.1 Å². The lowest BCUT2D eigenvalue weighted by Gasteiger charge is -2.29. The second-order valence-electron chi connectivity index (χ2n) is 18.0. The molecule has 0 aliphatic heterocycles. The Balaban J connectivity index is 2.43. The molecule has 0 spiro atoms. The second kappa shape index (κ2) is 30.4. The van der Waals surface area contributed by atoms with Crippen LogP contribution in [0.25, 0.3) is 0 Å². The van der Waals surface area contributed by atoms with E-state index >= 15 is 4.79 Å². The van der Waals surface area contributed by atoms with E-state index in [-0.39, 0.29) is 17.8 Å². The molecule has 0 bridgehead atoms. The molecule has 328 valence electrons. The fourth-order valence-corrected chi connectivity index (χ4v) is 16.6. The van der Waals surface area contributed by atoms with Crippen molar-refractivity contribution in [1.82, 2.24) is 0 Å². The second-order valence-corrected chi connectivity index (χ2v) is 28.4. The van der Waals surface area contributed by atoms with Gasteiger partial charge in [0.25, 0.3) is 0 Å². The van der Waals surface area contributed by atoms with Crippen molar-refractivity contribution in [1.29, 1.82) is 0 Å². The molecule has 0 saturated heterocycles. The zero-order chi connectivity index (χ0) is 41.8. The van der Waals surface area contributed by atoms with Crippen LogP contribution in [0.2, 0.25) is 36.3 Å². The highest BCUT2D eigenvalue weighted by Crippen LogP contribution is 2.40. The maximum Gasteiger partial charge on any atom is 0.144 e. The summed E-state index contributed by atoms with van der Waals surface area (Å²) < 4.78 is 13.0. The molecule has 2 heterocycles. The molecule has 6 heteroatoms. The third kappa shape index (κ3) is 16.7. The number of furan rings is 2. The Morgan fingerprint density at radius 2 is 0.877 bits per heavy atom. The van der Waals surface area contributed by atoms with Crippen LogP contribution >= 0.6 is 0 Å². The lowest BCUT2D eigenvalue weighted by Crippen LogP contribution is -2.45. The third-order valence-corrected chi connectivity index (χ3v) is 25.4. The Morgan fingerprint density at radius 3 is 1.28 bits per heavy atom. The van der Waals surface area contributed by atoms with E-state index in [1.165, 1.54) is 150 Å². The van der Waals surface area contributed by atoms with E-state index in [9.17, 15) is 4.79 Å². The minimum atomic E-state index is -1.74. The van der Waals surface area contributed by atoms with Crippen LogP contribution in [0.15, 0.2) is 33.5 Å². The molecule has 0 fully saturated rings. The molecule has 57 heavy (non-hydrogen) atoms. The molecule has 2 rings (SSSR count). The molecule has 0 aliphatic carbocycles. The summed E-state index contributed by atoms with van der Waals surface area (Å²) in [6.07, 6.45) is 33.7. The van der Waals surface area contributed by atoms with Crippen LogP contribution in [-0.4, -0.2) is 28.2 Å². The smallest absolute Gasteiger partial charge is 0.144 e. The molecule has 0 amide bonds. The van der Waals surface area contributed by atoms with Gasteiger partial charge < -0.3 is 13.6 Å². The summed E-state index contributed by atoms with van der Waals surface area (Å²) >= 11 is 0. The summed E-state index contributed by atoms with van der Waals surface area (Å²) in [6.45, 7) is 18.6. The van der Waals surface area contributed by atoms with Crippen molar-refractivity contribution in [3.8, 4) is 0 Å². The van der Waals surface area contributed by atoms with E-state index in [0.29, 0.717) is 18.6 Å². The van der Waals surface area contributed by atoms with Crippen LogP contribution in [0.4, 0.5) is 0 Å². The highest BCUT2D eigenvalue weighted by molar-refractivity contribution is 6.91. The van der Waals surface area contributed by atoms with Gasteiger partial charge in [-0.15, -0.1) is 0 Å². The fourth-order valence-electron chi connectivity index (χ4n) is 9.99. The van der Waals surface area contributed by atoms with E-state index in [1.54, 1.807) is 0 Å². The summed E-state index contributed by atoms with van der Waals surface area (Å²) in [4.78, 5) is 27.5. The number of hydrogen-bond donors (Lipinski definition) is 0. The molecule has 0 aliphatic rings. The largest absolute Gasteiger partial charge is 0.474 e. The van der Waals surface area contributed by atoms with Gasteiger partial charge in [-0.1, -0.05) is 220 Å². The average molecular weight is 825 g/mol. The first-order valence-electron chi connectivity index (χ1n) is 25.0. The van der Waals surface area contributed by atoms with Gasteiger partial charge in [0.05, 0.1) is 23.3 Å². The molecule has 0 N–H and O–H groups in total. The first-order chi connectivity index (χ1) is 27.8. The van der Waals surface area contributed by atoms with Crippen molar-refractivity contribution in [3.05, 3.63) is 35.8 Å². The maximum atomic E-state index is 15.4. The number of hydrogen-bond acceptors (Lipinski definition) is 4. The molecular formula is C51H92O4Si2. The lowest BCUT2D eigenvalue weighted by molar-refractivity contribution is -0.125. The van der Waals surface area contributed by atoms with Gasteiger partial charge in [-0.05, 0) is 42.9 Å². The fraction of sp³-hybridized carbons (Fsp3) is 0.804. The van der Waals surface area contributed by atoms with E-state index in [2.05, 4.69) is 67.5 Å². The summed E-state index contributed by atoms with van der Waals surface area (Å²) in [5, 5.41) is 2.39. The number of ketones is 1. The van der Waals surface area contributed by atoms with Crippen molar-refractivity contribution in [2.75, 3.05) is 0 Å². The van der Waals surface area contributed by atoms with Gasteiger partial charge in [0.15, 0.2) is 0 Å². The van der Waals surface area contributed by atoms with Gasteiger partial charge in [-0.2, -0.15) is 0 Å². The maximum absolute atomic E-state index is 15.4. The monoisotopic (exact) mass is 825 g/mol. The molecule has 0 aromatic carbocycles. The van der Waals surface area contributed by atoms with Gasteiger partial charge in [-0.3, -0.25) is 4.79 Å². The van der Waals surface area contributed by atoms with Crippen molar-refractivity contribution in [2.45, 2.75) is 258 Å². The molecule has 2 aromatic rings. The van der Waals surface area contributed by atoms with Crippen LogP contribution < -0.4 is 10.8 Å². The predicted molar refractivity (Wildman–Crippen MR) is 253 cm³/mol. The average Bonchev–Trinajstić information content (AvgIpc) is 3.94. The molecule has 0 saturated carbocycles. The number of unbranched alkanes of at least 4 members (excludes halogenated alkanes) is 18. The zero-order valence-electron chi connectivity index (χ0n) is 39.0. The van der Waals surface area contributed by atoms with Gasteiger partial charge in [0, 0.05) is 23.8 Å². The van der Waals surface area contributed by atoms with Crippen LogP contribution in [0.1, 0.15) is 232 Å². The SMILES string of the molecule is CCCCCCCCCCCCC(C(=O)C(CCC=O)C(CCCCCCCCCCCC)c1coc([Si](CC)(CC)CC)c1)c1coc([Si](CC)(CC)CC)c1. The van der Waals surface area contributed by atoms with Gasteiger partial charge in [0.1, 0.15) is 28.2 Å². The molecular weight excluding hydrogens is 733 g/mol. The quantitative estimate of drug-likeness (QED) is 0.0384. The van der Waals surface area contributed by atoms with Crippen LogP contribution in [-0.2, 0) is 9.59 Å². The number of rotatable bonds is 38. The van der Waals surface area contributed by atoms with Crippen LogP contribution in [0, 0.1) is 5.92 Å². The topological polar surface area (TPSA) is 60.4 Å². The Bertz CT molecular complexity index is 1270. The highest BCUT2D eigenvalue weighted by Gasteiger charge is 2.39. The first-order valence-corrected chi connectivity index (χ1v) is 30.2. The first kappa shape index (κ1) is 51.5. The predicted octanol–water partition coefficient (Wildman–Crippen LogP) is 16.0. The van der Waals surface area contributed by atoms with E-state index in [1.807, 2.05) is 12.5 Å². The van der Waals surface area contributed by atoms with E-state index in [4.69, 9.17) is 8.83 Å². The van der Waals surface area contributed by atoms with Crippen molar-refractivity contribution in [2.24, 2.45) is 5.92 Å². The lowest BCUT2D eigenvalue weighted by atomic mass is 9.73. The normalized spacial score (nSPS) is 13.9. The number of Topliss-reactive ketones (excluding diaryl/α,β-unsaturated/α-hetero) is 1. The van der Waals surface area contributed by atoms with Crippen molar-refractivity contribution >= 4 is 39.0 Å². The van der Waals surface area contributed by atoms with Gasteiger partial charge in [0.2, 0.25) is 0 Å². The Labute approximate surface area is 355 Å². The molecule has 4 nitrogen and oxygen atoms in total.